The zero-order valence-corrected chi connectivity index (χ0v) is 37.6. The van der Waals surface area contributed by atoms with E-state index in [1.165, 1.54) is 29.6 Å². The number of H-pyrrole nitrogens is 1. The Morgan fingerprint density at radius 1 is 0.785 bits per heavy atom. The second kappa shape index (κ2) is 25.2. The maximum atomic E-state index is 14.5. The van der Waals surface area contributed by atoms with Crippen LogP contribution in [0.4, 0.5) is 0 Å². The van der Waals surface area contributed by atoms with Crippen LogP contribution in [0.15, 0.2) is 67.1 Å². The number of unbranched alkanes of at least 4 members (excludes halogenated alkanes) is 1. The van der Waals surface area contributed by atoms with E-state index in [4.69, 9.17) is 11.5 Å². The summed E-state index contributed by atoms with van der Waals surface area (Å²) in [5.74, 6) is -5.98. The minimum atomic E-state index is -1.27. The molecule has 8 atom stereocenters. The first kappa shape index (κ1) is 51.3. The van der Waals surface area contributed by atoms with Gasteiger partial charge in [-0.25, -0.2) is 9.78 Å². The largest absolute Gasteiger partial charge is 0.508 e. The molecular weight excluding hydrogens is 837 g/mol. The molecule has 1 saturated heterocycles. The Bertz CT molecular complexity index is 2030. The maximum Gasteiger partial charge on any atom is 0.326 e. The molecule has 12 N–H and O–H groups in total. The molecule has 0 spiro atoms. The lowest BCUT2D eigenvalue weighted by Gasteiger charge is -2.32. The van der Waals surface area contributed by atoms with Crippen LogP contribution in [-0.4, -0.2) is 122 Å². The normalized spacial score (nSPS) is 16.8. The van der Waals surface area contributed by atoms with Gasteiger partial charge in [-0.15, -0.1) is 0 Å². The molecule has 19 heteroatoms. The van der Waals surface area contributed by atoms with Crippen LogP contribution in [0.1, 0.15) is 83.0 Å². The molecule has 354 valence electrons. The van der Waals surface area contributed by atoms with E-state index >= 15 is 0 Å². The highest BCUT2D eigenvalue weighted by molar-refractivity contribution is 5.97. The number of carbonyl (C=O) groups is 7. The summed E-state index contributed by atoms with van der Waals surface area (Å²) >= 11 is 0. The van der Waals surface area contributed by atoms with Gasteiger partial charge in [0.15, 0.2) is 0 Å². The van der Waals surface area contributed by atoms with Crippen molar-refractivity contribution in [1.82, 2.24) is 41.5 Å². The van der Waals surface area contributed by atoms with Gasteiger partial charge in [0.05, 0.1) is 12.4 Å². The number of imidazole rings is 1. The van der Waals surface area contributed by atoms with Gasteiger partial charge in [-0.1, -0.05) is 83.0 Å². The van der Waals surface area contributed by atoms with E-state index in [-0.39, 0.29) is 38.0 Å². The molecule has 8 unspecified atom stereocenters. The van der Waals surface area contributed by atoms with Crippen molar-refractivity contribution >= 4 is 41.4 Å². The number of carboxylic acids is 1. The molecule has 0 radical (unpaired) electrons. The first-order valence-electron chi connectivity index (χ1n) is 22.3. The molecule has 2 aromatic carbocycles. The van der Waals surface area contributed by atoms with Crippen molar-refractivity contribution < 1.29 is 43.8 Å². The topological polar surface area (TPSA) is 304 Å². The van der Waals surface area contributed by atoms with Gasteiger partial charge in [-0.2, -0.15) is 0 Å². The number of hydrogen-bond donors (Lipinski definition) is 10. The predicted octanol–water partition coefficient (Wildman–Crippen LogP) is 0.801. The number of hydrogen-bond acceptors (Lipinski definition) is 11. The molecular formula is C46H66N10O9. The number of amides is 6. The minimum Gasteiger partial charge on any atom is -0.508 e. The zero-order valence-electron chi connectivity index (χ0n) is 37.6. The van der Waals surface area contributed by atoms with E-state index in [2.05, 4.69) is 36.6 Å². The Labute approximate surface area is 379 Å². The number of phenolic OH excluding ortho intramolecular Hbond substituents is 1. The number of aromatic amines is 1. The second-order valence-electron chi connectivity index (χ2n) is 17.0. The van der Waals surface area contributed by atoms with Gasteiger partial charge in [0.1, 0.15) is 42.0 Å². The quantitative estimate of drug-likeness (QED) is 0.0529. The highest BCUT2D eigenvalue weighted by atomic mass is 16.4. The Hall–Kier alpha value is -6.34. The molecule has 1 aliphatic rings. The van der Waals surface area contributed by atoms with Gasteiger partial charge in [-0.05, 0) is 67.3 Å². The Balaban J connectivity index is 1.56. The van der Waals surface area contributed by atoms with Crippen molar-refractivity contribution in [3.05, 3.63) is 83.9 Å². The van der Waals surface area contributed by atoms with Gasteiger partial charge in [-0.3, -0.25) is 28.8 Å². The number of nitrogens with one attached hydrogen (secondary N) is 6. The fraction of sp³-hybridized carbons (Fsp3) is 0.522. The van der Waals surface area contributed by atoms with Crippen LogP contribution in [0.2, 0.25) is 0 Å². The zero-order chi connectivity index (χ0) is 47.6. The first-order valence-corrected chi connectivity index (χ1v) is 22.3. The number of phenols is 1. The number of aromatic hydroxyl groups is 1. The van der Waals surface area contributed by atoms with Crippen LogP contribution < -0.4 is 38.1 Å². The molecule has 0 aliphatic carbocycles. The summed E-state index contributed by atoms with van der Waals surface area (Å²) in [5.41, 5.74) is 13.5. The second-order valence-corrected chi connectivity index (χ2v) is 17.0. The molecule has 2 heterocycles. The van der Waals surface area contributed by atoms with E-state index in [9.17, 15) is 43.8 Å². The van der Waals surface area contributed by atoms with Crippen LogP contribution >= 0.6 is 0 Å². The summed E-state index contributed by atoms with van der Waals surface area (Å²) in [6.07, 6.45) is 5.64. The average molecular weight is 903 g/mol. The first-order chi connectivity index (χ1) is 31.0. The molecule has 0 saturated carbocycles. The summed E-state index contributed by atoms with van der Waals surface area (Å²) < 4.78 is 0. The monoisotopic (exact) mass is 903 g/mol. The van der Waals surface area contributed by atoms with Crippen LogP contribution in [0.3, 0.4) is 0 Å². The number of carboxylic acid groups (broad SMARTS) is 1. The van der Waals surface area contributed by atoms with E-state index < -0.39 is 95.5 Å². The summed E-state index contributed by atoms with van der Waals surface area (Å²) in [7, 11) is 0. The number of benzene rings is 2. The highest BCUT2D eigenvalue weighted by Crippen LogP contribution is 2.21. The van der Waals surface area contributed by atoms with Crippen molar-refractivity contribution in [2.24, 2.45) is 23.3 Å². The number of carbonyl (C=O) groups excluding carboxylic acids is 6. The number of aliphatic carboxylic acids is 1. The van der Waals surface area contributed by atoms with Gasteiger partial charge < -0.3 is 58.1 Å². The Morgan fingerprint density at radius 2 is 1.42 bits per heavy atom. The lowest BCUT2D eigenvalue weighted by Crippen LogP contribution is -2.61. The van der Waals surface area contributed by atoms with E-state index in [0.717, 1.165) is 0 Å². The number of nitrogens with zero attached hydrogens (tertiary/aromatic N) is 2. The Kier molecular flexibility index (Phi) is 19.9. The predicted molar refractivity (Wildman–Crippen MR) is 241 cm³/mol. The third-order valence-corrected chi connectivity index (χ3v) is 11.7. The Morgan fingerprint density at radius 3 is 2.03 bits per heavy atom. The van der Waals surface area contributed by atoms with Crippen molar-refractivity contribution in [3.8, 4) is 5.75 Å². The van der Waals surface area contributed by atoms with Gasteiger partial charge in [0, 0.05) is 37.7 Å². The number of likely N-dealkylation sites (tertiary alicyclic amines) is 1. The fourth-order valence-electron chi connectivity index (χ4n) is 7.63. The standard InChI is InChI=1S/C46H66N10O9/c1-5-28(4)39(55-41(59)34(22-30-16-18-32(57)19-17-30)51-43(61)38(27(2)3)54-40(58)33(48)14-9-10-20-47)44(62)52-35(24-31-25-49-26-50-31)45(63)56-21-11-15-37(56)42(60)53-36(46(64)65)23-29-12-7-6-8-13-29/h6-8,12-13,16-19,25-28,33-39,57H,5,9-11,14-15,20-24,47-48H2,1-4H3,(H,49,50)(H,51,61)(H,52,62)(H,53,60)(H,54,58)(H,55,59)(H,64,65). The summed E-state index contributed by atoms with van der Waals surface area (Å²) in [6, 6.07) is 6.93. The van der Waals surface area contributed by atoms with Gasteiger partial charge in [0.2, 0.25) is 35.4 Å². The van der Waals surface area contributed by atoms with Crippen LogP contribution in [-0.2, 0) is 52.8 Å². The van der Waals surface area contributed by atoms with Crippen LogP contribution in [0, 0.1) is 11.8 Å². The van der Waals surface area contributed by atoms with Gasteiger partial charge >= 0.3 is 5.97 Å². The SMILES string of the molecule is CCC(C)C(NC(=O)C(Cc1ccc(O)cc1)NC(=O)C(NC(=O)C(N)CCCCN)C(C)C)C(=O)NC(Cc1cnc[nH]1)C(=O)N1CCCC1C(=O)NC(Cc1ccccc1)C(=O)O. The van der Waals surface area contributed by atoms with Crippen LogP contribution in [0.25, 0.3) is 0 Å². The summed E-state index contributed by atoms with van der Waals surface area (Å²) in [5, 5.41) is 33.6. The maximum absolute atomic E-state index is 14.5. The van der Waals surface area contributed by atoms with E-state index in [1.807, 2.05) is 6.92 Å². The molecule has 3 aromatic rings. The van der Waals surface area contributed by atoms with Crippen LogP contribution in [0.5, 0.6) is 5.75 Å². The molecule has 6 amide bonds. The average Bonchev–Trinajstić information content (AvgIpc) is 4.00. The van der Waals surface area contributed by atoms with Crippen molar-refractivity contribution in [3.63, 3.8) is 0 Å². The summed E-state index contributed by atoms with van der Waals surface area (Å²) in [6.45, 7) is 7.67. The van der Waals surface area contributed by atoms with E-state index in [1.54, 1.807) is 63.2 Å². The lowest BCUT2D eigenvalue weighted by molar-refractivity contribution is -0.145. The third-order valence-electron chi connectivity index (χ3n) is 11.7. The molecule has 1 aliphatic heterocycles. The number of aromatic nitrogens is 2. The smallest absolute Gasteiger partial charge is 0.326 e. The molecule has 19 nitrogen and oxygen atoms in total. The summed E-state index contributed by atoms with van der Waals surface area (Å²) in [4.78, 5) is 104. The van der Waals surface area contributed by atoms with Gasteiger partial charge in [0.25, 0.3) is 0 Å². The van der Waals surface area contributed by atoms with Crippen molar-refractivity contribution in [1.29, 1.82) is 0 Å². The molecule has 1 fully saturated rings. The third kappa shape index (κ3) is 15.4. The number of rotatable bonds is 25. The molecule has 4 rings (SSSR count). The fourth-order valence-corrected chi connectivity index (χ4v) is 7.63. The van der Waals surface area contributed by atoms with Crippen molar-refractivity contribution in [2.75, 3.05) is 13.1 Å². The molecule has 0 bridgehead atoms. The van der Waals surface area contributed by atoms with Crippen molar-refractivity contribution in [2.45, 2.75) is 128 Å². The highest BCUT2D eigenvalue weighted by Gasteiger charge is 2.41. The lowest BCUT2D eigenvalue weighted by atomic mass is 9.96. The van der Waals surface area contributed by atoms with E-state index in [0.29, 0.717) is 55.5 Å². The minimum absolute atomic E-state index is 0.00898. The molecule has 65 heavy (non-hydrogen) atoms. The number of nitrogens with two attached hydrogens (primary N) is 2. The molecule has 1 aromatic heterocycles.